The lowest BCUT2D eigenvalue weighted by molar-refractivity contribution is 0.172. The van der Waals surface area contributed by atoms with Crippen LogP contribution in [0, 0.1) is 0 Å². The van der Waals surface area contributed by atoms with E-state index in [1.165, 1.54) is 13.2 Å². The van der Waals surface area contributed by atoms with Crippen molar-refractivity contribution in [3.63, 3.8) is 0 Å². The van der Waals surface area contributed by atoms with Gasteiger partial charge in [-0.3, -0.25) is 9.30 Å². The van der Waals surface area contributed by atoms with Crippen LogP contribution in [-0.4, -0.2) is 103 Å². The molecular weight excluding hydrogens is 678 g/mol. The molecule has 1 fully saturated rings. The zero-order valence-electron chi connectivity index (χ0n) is 26.4. The highest BCUT2D eigenvalue weighted by atomic mass is 79.9. The summed E-state index contributed by atoms with van der Waals surface area (Å²) in [6.07, 6.45) is 5.98. The highest BCUT2D eigenvalue weighted by molar-refractivity contribution is 9.10. The van der Waals surface area contributed by atoms with Crippen molar-refractivity contribution in [2.24, 2.45) is 10.7 Å². The van der Waals surface area contributed by atoms with E-state index in [1.807, 2.05) is 12.1 Å². The molecule has 1 saturated heterocycles. The average Bonchev–Trinajstić information content (AvgIpc) is 3.04. The van der Waals surface area contributed by atoms with E-state index < -0.39 is 10.0 Å². The number of likely N-dealkylation sites (N-methyl/N-ethyl adjacent to an activating group) is 1. The van der Waals surface area contributed by atoms with E-state index in [0.29, 0.717) is 51.2 Å². The molecule has 2 aromatic carbocycles. The summed E-state index contributed by atoms with van der Waals surface area (Å²) >= 11 is 3.52. The Morgan fingerprint density at radius 1 is 1.15 bits per heavy atom. The topological polar surface area (TPSA) is 160 Å². The van der Waals surface area contributed by atoms with Gasteiger partial charge in [-0.05, 0) is 41.2 Å². The molecule has 16 heteroatoms. The van der Waals surface area contributed by atoms with Crippen molar-refractivity contribution in [1.29, 1.82) is 0 Å². The van der Waals surface area contributed by atoms with Crippen molar-refractivity contribution in [3.05, 3.63) is 46.7 Å². The third kappa shape index (κ3) is 7.08. The van der Waals surface area contributed by atoms with Crippen LogP contribution in [0.25, 0.3) is 5.57 Å². The van der Waals surface area contributed by atoms with Gasteiger partial charge < -0.3 is 40.4 Å². The van der Waals surface area contributed by atoms with E-state index in [-0.39, 0.29) is 12.6 Å². The van der Waals surface area contributed by atoms with Gasteiger partial charge in [0.2, 0.25) is 16.0 Å². The van der Waals surface area contributed by atoms with Crippen LogP contribution < -0.4 is 39.8 Å². The van der Waals surface area contributed by atoms with Gasteiger partial charge in [-0.25, -0.2) is 13.4 Å². The Balaban J connectivity index is 1.53. The molecule has 1 aromatic heterocycles. The van der Waals surface area contributed by atoms with E-state index >= 15 is 0 Å². The van der Waals surface area contributed by atoms with Crippen LogP contribution in [0.3, 0.4) is 0 Å². The second-order valence-electron chi connectivity index (χ2n) is 10.7. The van der Waals surface area contributed by atoms with Crippen LogP contribution >= 0.6 is 15.9 Å². The lowest BCUT2D eigenvalue weighted by Crippen LogP contribution is -2.44. The Labute approximate surface area is 277 Å². The van der Waals surface area contributed by atoms with Crippen molar-refractivity contribution in [3.8, 4) is 17.2 Å². The van der Waals surface area contributed by atoms with Crippen molar-refractivity contribution in [1.82, 2.24) is 14.9 Å². The molecule has 0 aliphatic carbocycles. The highest BCUT2D eigenvalue weighted by Crippen LogP contribution is 2.46. The molecule has 0 spiro atoms. The standard InChI is InChI=1S/C30H38BrN9O5S/c1-33-17-19(16-32)20-14-23(26(43-4)15-24(20)40-10-8-38(2)9-11-40)36-30-34-18-21(31)29(37-30)35-22-6-7-25-28(45-13-12-44-25)27(22)39(3)46(5,41)42/h6-7,14-18H,8-13,32H2,1-5H3,(H2,34,35,36,37). The zero-order valence-corrected chi connectivity index (χ0v) is 28.8. The number of ether oxygens (including phenoxy) is 3. The molecule has 5 rings (SSSR count). The molecule has 0 saturated carbocycles. The molecule has 0 bridgehead atoms. The summed E-state index contributed by atoms with van der Waals surface area (Å²) in [6.45, 7) is 4.21. The lowest BCUT2D eigenvalue weighted by Gasteiger charge is -2.35. The third-order valence-corrected chi connectivity index (χ3v) is 9.42. The fraction of sp³-hybridized carbons (Fsp3) is 0.367. The number of benzene rings is 2. The fourth-order valence-corrected chi connectivity index (χ4v) is 5.96. The maximum absolute atomic E-state index is 12.6. The average molecular weight is 717 g/mol. The molecule has 0 amide bonds. The van der Waals surface area contributed by atoms with Gasteiger partial charge in [-0.1, -0.05) is 0 Å². The smallest absolute Gasteiger partial charge is 0.232 e. The second-order valence-corrected chi connectivity index (χ2v) is 13.6. The molecule has 0 atom stereocenters. The third-order valence-electron chi connectivity index (χ3n) is 7.66. The van der Waals surface area contributed by atoms with Crippen LogP contribution in [0.15, 0.2) is 46.1 Å². The van der Waals surface area contributed by atoms with Crippen LogP contribution in [0.5, 0.6) is 17.2 Å². The Morgan fingerprint density at radius 2 is 1.89 bits per heavy atom. The number of fused-ring (bicyclic) bond motifs is 1. The molecule has 2 aliphatic rings. The number of rotatable bonds is 10. The van der Waals surface area contributed by atoms with Gasteiger partial charge in [0.25, 0.3) is 0 Å². The first-order chi connectivity index (χ1) is 22.0. The van der Waals surface area contributed by atoms with Gasteiger partial charge in [0.15, 0.2) is 11.5 Å². The van der Waals surface area contributed by atoms with E-state index in [2.05, 4.69) is 53.4 Å². The minimum atomic E-state index is -3.64. The molecule has 4 N–H and O–H groups in total. The first-order valence-corrected chi connectivity index (χ1v) is 17.1. The molecule has 246 valence electrons. The number of hydrogen-bond donors (Lipinski definition) is 3. The van der Waals surface area contributed by atoms with Crippen molar-refractivity contribution in [2.75, 3.05) is 93.7 Å². The van der Waals surface area contributed by atoms with Crippen molar-refractivity contribution < 1.29 is 22.6 Å². The number of halogens is 1. The Kier molecular flexibility index (Phi) is 10.1. The Bertz CT molecular complexity index is 1760. The molecule has 14 nitrogen and oxygen atoms in total. The summed E-state index contributed by atoms with van der Waals surface area (Å²) in [5.74, 6) is 2.01. The van der Waals surface area contributed by atoms with Gasteiger partial charge in [0.1, 0.15) is 30.5 Å². The van der Waals surface area contributed by atoms with Crippen LogP contribution in [0.1, 0.15) is 5.56 Å². The number of nitrogens with two attached hydrogens (primary N) is 1. The molecule has 3 aromatic rings. The molecule has 0 radical (unpaired) electrons. The molecular formula is C30H38BrN9O5S. The number of anilines is 6. The van der Waals surface area contributed by atoms with Gasteiger partial charge in [0, 0.05) is 81.8 Å². The summed E-state index contributed by atoms with van der Waals surface area (Å²) in [6, 6.07) is 7.37. The van der Waals surface area contributed by atoms with Gasteiger partial charge in [0.05, 0.1) is 29.2 Å². The van der Waals surface area contributed by atoms with E-state index in [0.717, 1.165) is 53.6 Å². The highest BCUT2D eigenvalue weighted by Gasteiger charge is 2.27. The quantitative estimate of drug-likeness (QED) is 0.262. The number of allylic oxidation sites excluding steroid dienone is 1. The van der Waals surface area contributed by atoms with Crippen LogP contribution in [0.4, 0.5) is 34.5 Å². The van der Waals surface area contributed by atoms with Crippen molar-refractivity contribution >= 4 is 72.3 Å². The van der Waals surface area contributed by atoms with E-state index in [4.69, 9.17) is 24.9 Å². The first kappa shape index (κ1) is 33.1. The normalized spacial score (nSPS) is 15.6. The fourth-order valence-electron chi connectivity index (χ4n) is 5.16. The molecule has 46 heavy (non-hydrogen) atoms. The van der Waals surface area contributed by atoms with Gasteiger partial charge in [-0.2, -0.15) is 4.98 Å². The first-order valence-electron chi connectivity index (χ1n) is 14.5. The number of sulfonamides is 1. The predicted molar refractivity (Wildman–Crippen MR) is 186 cm³/mol. The number of methoxy groups -OCH3 is 1. The number of nitrogens with zero attached hydrogens (tertiary/aromatic N) is 6. The number of aromatic nitrogens is 2. The predicted octanol–water partition coefficient (Wildman–Crippen LogP) is 3.65. The maximum atomic E-state index is 12.6. The molecule has 3 heterocycles. The SMILES string of the molecule is CN=CC(=CN)c1cc(Nc2ncc(Br)c(Nc3ccc4c(c3N(C)S(C)(=O)=O)OCCO4)n2)c(OC)cc1N1CCN(C)CC1. The minimum absolute atomic E-state index is 0.264. The summed E-state index contributed by atoms with van der Waals surface area (Å²) in [5.41, 5.74) is 10.0. The van der Waals surface area contributed by atoms with Gasteiger partial charge >= 0.3 is 0 Å². The van der Waals surface area contributed by atoms with Crippen LogP contribution in [0.2, 0.25) is 0 Å². The Hall–Kier alpha value is -4.28. The molecule has 2 aliphatic heterocycles. The maximum Gasteiger partial charge on any atom is 0.232 e. The van der Waals surface area contributed by atoms with Crippen molar-refractivity contribution in [2.45, 2.75) is 0 Å². The van der Waals surface area contributed by atoms with E-state index in [9.17, 15) is 8.42 Å². The summed E-state index contributed by atoms with van der Waals surface area (Å²) < 4.78 is 44.3. The number of piperazine rings is 1. The van der Waals surface area contributed by atoms with E-state index in [1.54, 1.807) is 38.7 Å². The number of aliphatic imine (C=N–C) groups is 1. The second kappa shape index (κ2) is 14.0. The van der Waals surface area contributed by atoms with Crippen LogP contribution in [-0.2, 0) is 10.0 Å². The zero-order chi connectivity index (χ0) is 33.0. The Morgan fingerprint density at radius 3 is 2.57 bits per heavy atom. The summed E-state index contributed by atoms with van der Waals surface area (Å²) in [7, 11) is 3.24. The number of nitrogens with one attached hydrogen (secondary N) is 2. The summed E-state index contributed by atoms with van der Waals surface area (Å²) in [5, 5.41) is 6.53. The largest absolute Gasteiger partial charge is 0.494 e. The lowest BCUT2D eigenvalue weighted by atomic mass is 10.0. The minimum Gasteiger partial charge on any atom is -0.494 e. The summed E-state index contributed by atoms with van der Waals surface area (Å²) in [4.78, 5) is 18.0. The van der Waals surface area contributed by atoms with Gasteiger partial charge in [-0.15, -0.1) is 0 Å². The number of hydrogen-bond acceptors (Lipinski definition) is 13. The monoisotopic (exact) mass is 715 g/mol. The molecule has 0 unspecified atom stereocenters.